The number of hydrogen-bond donors (Lipinski definition) is 1. The van der Waals surface area contributed by atoms with Gasteiger partial charge in [-0.2, -0.15) is 5.26 Å². The summed E-state index contributed by atoms with van der Waals surface area (Å²) in [6.45, 7) is 2.35. The van der Waals surface area contributed by atoms with Crippen LogP contribution in [0.3, 0.4) is 0 Å². The van der Waals surface area contributed by atoms with Crippen LogP contribution in [0.2, 0.25) is 0 Å². The minimum Gasteiger partial charge on any atom is -0.398 e. The van der Waals surface area contributed by atoms with Crippen molar-refractivity contribution in [2.45, 2.75) is 13.5 Å². The molecule has 0 unspecified atom stereocenters. The first-order valence-corrected chi connectivity index (χ1v) is 6.62. The number of benzene rings is 2. The van der Waals surface area contributed by atoms with Crippen LogP contribution in [0.1, 0.15) is 27.0 Å². The van der Waals surface area contributed by atoms with E-state index in [9.17, 15) is 4.79 Å². The number of rotatable bonds is 3. The summed E-state index contributed by atoms with van der Waals surface area (Å²) in [6, 6.07) is 14.6. The van der Waals surface area contributed by atoms with E-state index < -0.39 is 0 Å². The van der Waals surface area contributed by atoms with E-state index in [0.717, 1.165) is 11.1 Å². The molecule has 0 aliphatic rings. The van der Waals surface area contributed by atoms with Crippen molar-refractivity contribution in [3.8, 4) is 6.07 Å². The van der Waals surface area contributed by atoms with Gasteiger partial charge in [-0.25, -0.2) is 0 Å². The summed E-state index contributed by atoms with van der Waals surface area (Å²) in [4.78, 5) is 14.0. The number of nitriles is 1. The molecule has 0 radical (unpaired) electrons. The van der Waals surface area contributed by atoms with Crippen LogP contribution in [0.25, 0.3) is 0 Å². The van der Waals surface area contributed by atoms with Crippen molar-refractivity contribution in [3.63, 3.8) is 0 Å². The van der Waals surface area contributed by atoms with Crippen LogP contribution < -0.4 is 5.73 Å². The van der Waals surface area contributed by atoms with Crippen molar-refractivity contribution in [2.24, 2.45) is 0 Å². The number of amides is 1. The van der Waals surface area contributed by atoms with Gasteiger partial charge in [-0.05, 0) is 42.3 Å². The zero-order valence-electron chi connectivity index (χ0n) is 12.1. The maximum absolute atomic E-state index is 12.4. The highest BCUT2D eigenvalue weighted by Gasteiger charge is 2.13. The summed E-state index contributed by atoms with van der Waals surface area (Å²) in [5.74, 6) is -0.0935. The molecule has 0 atom stereocenters. The smallest absolute Gasteiger partial charge is 0.253 e. The maximum Gasteiger partial charge on any atom is 0.253 e. The first-order chi connectivity index (χ1) is 10.0. The Kier molecular flexibility index (Phi) is 4.24. The van der Waals surface area contributed by atoms with Crippen molar-refractivity contribution in [1.82, 2.24) is 4.90 Å². The van der Waals surface area contributed by atoms with Gasteiger partial charge < -0.3 is 10.6 Å². The Morgan fingerprint density at radius 1 is 1.29 bits per heavy atom. The van der Waals surface area contributed by atoms with Gasteiger partial charge in [0.25, 0.3) is 5.91 Å². The average molecular weight is 279 g/mol. The van der Waals surface area contributed by atoms with Gasteiger partial charge >= 0.3 is 0 Å². The van der Waals surface area contributed by atoms with Crippen LogP contribution in [0.5, 0.6) is 0 Å². The van der Waals surface area contributed by atoms with E-state index in [1.807, 2.05) is 25.1 Å². The van der Waals surface area contributed by atoms with Crippen molar-refractivity contribution >= 4 is 11.6 Å². The molecule has 2 N–H and O–H groups in total. The van der Waals surface area contributed by atoms with Crippen molar-refractivity contribution in [1.29, 1.82) is 5.26 Å². The van der Waals surface area contributed by atoms with Gasteiger partial charge in [0.15, 0.2) is 0 Å². The Bertz CT molecular complexity index is 716. The SMILES string of the molecule is Cc1ccc(C(=O)N(C)Cc2cccc(C#N)c2)cc1N. The topological polar surface area (TPSA) is 70.1 Å². The van der Waals surface area contributed by atoms with Gasteiger partial charge in [0.05, 0.1) is 11.6 Å². The summed E-state index contributed by atoms with van der Waals surface area (Å²) < 4.78 is 0. The molecular weight excluding hydrogens is 262 g/mol. The molecule has 0 saturated heterocycles. The normalized spacial score (nSPS) is 9.95. The molecule has 4 heteroatoms. The minimum absolute atomic E-state index is 0.0935. The largest absolute Gasteiger partial charge is 0.398 e. The van der Waals surface area contributed by atoms with E-state index in [0.29, 0.717) is 23.4 Å². The fourth-order valence-corrected chi connectivity index (χ4v) is 2.08. The molecule has 106 valence electrons. The zero-order valence-corrected chi connectivity index (χ0v) is 12.1. The Hall–Kier alpha value is -2.80. The molecule has 4 nitrogen and oxygen atoms in total. The van der Waals surface area contributed by atoms with E-state index >= 15 is 0 Å². The van der Waals surface area contributed by atoms with Gasteiger partial charge in [0.1, 0.15) is 0 Å². The monoisotopic (exact) mass is 279 g/mol. The highest BCUT2D eigenvalue weighted by molar-refractivity contribution is 5.95. The van der Waals surface area contributed by atoms with Gasteiger partial charge in [0, 0.05) is 24.8 Å². The highest BCUT2D eigenvalue weighted by Crippen LogP contribution is 2.15. The molecule has 2 aromatic rings. The van der Waals surface area contributed by atoms with E-state index in [1.54, 1.807) is 36.2 Å². The van der Waals surface area contributed by atoms with Crippen LogP contribution in [0.4, 0.5) is 5.69 Å². The minimum atomic E-state index is -0.0935. The van der Waals surface area contributed by atoms with Crippen LogP contribution in [0, 0.1) is 18.3 Å². The zero-order chi connectivity index (χ0) is 15.4. The van der Waals surface area contributed by atoms with Gasteiger partial charge in [-0.3, -0.25) is 4.79 Å². The summed E-state index contributed by atoms with van der Waals surface area (Å²) in [5.41, 5.74) is 9.49. The summed E-state index contributed by atoms with van der Waals surface area (Å²) in [6.07, 6.45) is 0. The molecule has 0 heterocycles. The lowest BCUT2D eigenvalue weighted by Gasteiger charge is -2.18. The lowest BCUT2D eigenvalue weighted by molar-refractivity contribution is 0.0785. The molecule has 0 aliphatic heterocycles. The molecule has 21 heavy (non-hydrogen) atoms. The Morgan fingerprint density at radius 3 is 2.71 bits per heavy atom. The first kappa shape index (κ1) is 14.6. The number of carbonyl (C=O) groups is 1. The van der Waals surface area contributed by atoms with Crippen LogP contribution in [-0.4, -0.2) is 17.9 Å². The highest BCUT2D eigenvalue weighted by atomic mass is 16.2. The number of carbonyl (C=O) groups excluding carboxylic acids is 1. The molecule has 1 amide bonds. The van der Waals surface area contributed by atoms with Crippen molar-refractivity contribution < 1.29 is 4.79 Å². The number of hydrogen-bond acceptors (Lipinski definition) is 3. The molecular formula is C17H17N3O. The number of anilines is 1. The van der Waals surface area contributed by atoms with Crippen LogP contribution >= 0.6 is 0 Å². The standard InChI is InChI=1S/C17H17N3O/c1-12-6-7-15(9-16(12)19)17(21)20(2)11-14-5-3-4-13(8-14)10-18/h3-9H,11,19H2,1-2H3. The second kappa shape index (κ2) is 6.10. The van der Waals surface area contributed by atoms with Gasteiger partial charge in [-0.15, -0.1) is 0 Å². The fourth-order valence-electron chi connectivity index (χ4n) is 2.08. The predicted octanol–water partition coefficient (Wildman–Crippen LogP) is 2.72. The second-order valence-electron chi connectivity index (χ2n) is 5.04. The number of nitrogen functional groups attached to an aromatic ring is 1. The third-order valence-electron chi connectivity index (χ3n) is 3.35. The Labute approximate surface area is 124 Å². The lowest BCUT2D eigenvalue weighted by atomic mass is 10.1. The van der Waals surface area contributed by atoms with Crippen LogP contribution in [-0.2, 0) is 6.54 Å². The molecule has 2 rings (SSSR count). The molecule has 0 fully saturated rings. The van der Waals surface area contributed by atoms with Gasteiger partial charge in [-0.1, -0.05) is 18.2 Å². The molecule has 0 spiro atoms. The first-order valence-electron chi connectivity index (χ1n) is 6.62. The molecule has 0 saturated carbocycles. The third-order valence-corrected chi connectivity index (χ3v) is 3.35. The van der Waals surface area contributed by atoms with E-state index in [-0.39, 0.29) is 5.91 Å². The third kappa shape index (κ3) is 3.40. The number of nitrogens with two attached hydrogens (primary N) is 1. The van der Waals surface area contributed by atoms with E-state index in [1.165, 1.54) is 0 Å². The summed E-state index contributed by atoms with van der Waals surface area (Å²) >= 11 is 0. The fraction of sp³-hybridized carbons (Fsp3) is 0.176. The second-order valence-corrected chi connectivity index (χ2v) is 5.04. The average Bonchev–Trinajstić information content (AvgIpc) is 2.49. The van der Waals surface area contributed by atoms with Gasteiger partial charge in [0.2, 0.25) is 0 Å². The van der Waals surface area contributed by atoms with Crippen molar-refractivity contribution in [3.05, 3.63) is 64.7 Å². The molecule has 0 bridgehead atoms. The Morgan fingerprint density at radius 2 is 2.05 bits per heavy atom. The van der Waals surface area contributed by atoms with E-state index in [2.05, 4.69) is 6.07 Å². The quantitative estimate of drug-likeness (QED) is 0.878. The molecule has 0 aromatic heterocycles. The van der Waals surface area contributed by atoms with Crippen molar-refractivity contribution in [2.75, 3.05) is 12.8 Å². The predicted molar refractivity (Wildman–Crippen MR) is 82.5 cm³/mol. The van der Waals surface area contributed by atoms with Crippen LogP contribution in [0.15, 0.2) is 42.5 Å². The number of nitrogens with zero attached hydrogens (tertiary/aromatic N) is 2. The maximum atomic E-state index is 12.4. The summed E-state index contributed by atoms with van der Waals surface area (Å²) in [5, 5.41) is 8.90. The molecule has 2 aromatic carbocycles. The molecule has 0 aliphatic carbocycles. The number of aryl methyl sites for hydroxylation is 1. The lowest BCUT2D eigenvalue weighted by Crippen LogP contribution is -2.26. The van der Waals surface area contributed by atoms with E-state index in [4.69, 9.17) is 11.0 Å². The summed E-state index contributed by atoms with van der Waals surface area (Å²) in [7, 11) is 1.73. The Balaban J connectivity index is 2.15.